The van der Waals surface area contributed by atoms with Gasteiger partial charge in [-0.05, 0) is 26.3 Å². The minimum Gasteiger partial charge on any atom is -0.448 e. The molecule has 0 spiro atoms. The summed E-state index contributed by atoms with van der Waals surface area (Å²) >= 11 is 0. The van der Waals surface area contributed by atoms with Crippen LogP contribution in [0.1, 0.15) is 30.8 Å². The third-order valence-electron chi connectivity index (χ3n) is 4.79. The number of sulfone groups is 1. The van der Waals surface area contributed by atoms with Crippen molar-refractivity contribution in [2.75, 3.05) is 18.1 Å². The third-order valence-corrected chi connectivity index (χ3v) is 6.54. The van der Waals surface area contributed by atoms with E-state index in [2.05, 4.69) is 10.2 Å². The summed E-state index contributed by atoms with van der Waals surface area (Å²) in [4.78, 5) is 38.5. The molecule has 1 aliphatic rings. The number of H-pyrrole nitrogens is 1. The zero-order valence-electron chi connectivity index (χ0n) is 15.5. The molecule has 10 heteroatoms. The van der Waals surface area contributed by atoms with Crippen LogP contribution >= 0.6 is 0 Å². The monoisotopic (exact) mass is 407 g/mol. The van der Waals surface area contributed by atoms with Crippen LogP contribution in [0.5, 0.6) is 0 Å². The molecule has 0 radical (unpaired) electrons. The van der Waals surface area contributed by atoms with Crippen molar-refractivity contribution in [2.24, 2.45) is 0 Å². The molecule has 0 saturated carbocycles. The molecule has 2 heterocycles. The fraction of sp³-hybridized carbons (Fsp3) is 0.444. The van der Waals surface area contributed by atoms with Gasteiger partial charge in [0.1, 0.15) is 0 Å². The quantitative estimate of drug-likeness (QED) is 0.715. The molecule has 1 N–H and O–H groups in total. The van der Waals surface area contributed by atoms with Gasteiger partial charge in [-0.1, -0.05) is 18.2 Å². The van der Waals surface area contributed by atoms with E-state index in [1.807, 2.05) is 0 Å². The SMILES string of the molecule is CCN(C(=O)[C@H](C)OC(=O)c1n[nH]c(=O)c2ccccc12)[C@H]1CCS(=O)(=O)C1. The molecule has 1 aromatic carbocycles. The van der Waals surface area contributed by atoms with Crippen molar-refractivity contribution in [2.45, 2.75) is 32.4 Å². The Balaban J connectivity index is 1.78. The summed E-state index contributed by atoms with van der Waals surface area (Å²) in [6, 6.07) is 6.03. The highest BCUT2D eigenvalue weighted by Gasteiger charge is 2.36. The maximum atomic E-state index is 12.7. The van der Waals surface area contributed by atoms with E-state index in [0.29, 0.717) is 18.4 Å². The zero-order chi connectivity index (χ0) is 20.5. The van der Waals surface area contributed by atoms with Crippen LogP contribution in [0.25, 0.3) is 10.8 Å². The number of aromatic amines is 1. The van der Waals surface area contributed by atoms with E-state index in [1.165, 1.54) is 11.8 Å². The highest BCUT2D eigenvalue weighted by Crippen LogP contribution is 2.20. The van der Waals surface area contributed by atoms with Crippen molar-refractivity contribution in [3.63, 3.8) is 0 Å². The molecule has 2 atom stereocenters. The van der Waals surface area contributed by atoms with Crippen LogP contribution in [0, 0.1) is 0 Å². The standard InChI is InChI=1S/C18H21N3O6S/c1-3-21(12-8-9-28(25,26)10-12)17(23)11(2)27-18(24)15-13-6-4-5-7-14(13)16(22)20-19-15/h4-7,11-12H,3,8-10H2,1-2H3,(H,20,22)/t11-,12-/m0/s1. The molecule has 28 heavy (non-hydrogen) atoms. The lowest BCUT2D eigenvalue weighted by atomic mass is 10.1. The number of fused-ring (bicyclic) bond motifs is 1. The number of hydrogen-bond donors (Lipinski definition) is 1. The smallest absolute Gasteiger partial charge is 0.360 e. The summed E-state index contributed by atoms with van der Waals surface area (Å²) in [5.74, 6) is -1.35. The van der Waals surface area contributed by atoms with Crippen LogP contribution in [-0.4, -0.2) is 65.6 Å². The highest BCUT2D eigenvalue weighted by molar-refractivity contribution is 7.91. The van der Waals surface area contributed by atoms with Gasteiger partial charge < -0.3 is 9.64 Å². The lowest BCUT2D eigenvalue weighted by Crippen LogP contribution is -2.46. The van der Waals surface area contributed by atoms with Gasteiger partial charge in [0.15, 0.2) is 21.6 Å². The molecule has 150 valence electrons. The van der Waals surface area contributed by atoms with Crippen LogP contribution in [0.3, 0.4) is 0 Å². The van der Waals surface area contributed by atoms with Gasteiger partial charge in [0, 0.05) is 18.0 Å². The number of hydrogen-bond acceptors (Lipinski definition) is 7. The number of ether oxygens (including phenoxy) is 1. The minimum atomic E-state index is -3.15. The molecule has 9 nitrogen and oxygen atoms in total. The van der Waals surface area contributed by atoms with Gasteiger partial charge in [-0.3, -0.25) is 9.59 Å². The molecule has 1 aromatic heterocycles. The van der Waals surface area contributed by atoms with Crippen molar-refractivity contribution in [3.8, 4) is 0 Å². The lowest BCUT2D eigenvalue weighted by molar-refractivity contribution is -0.141. The van der Waals surface area contributed by atoms with Crippen molar-refractivity contribution >= 4 is 32.5 Å². The summed E-state index contributed by atoms with van der Waals surface area (Å²) in [6.07, 6.45) is -0.752. The molecule has 1 amide bonds. The van der Waals surface area contributed by atoms with Gasteiger partial charge in [-0.2, -0.15) is 5.10 Å². The second kappa shape index (κ2) is 7.70. The number of carbonyl (C=O) groups is 2. The van der Waals surface area contributed by atoms with Crippen LogP contribution in [0.2, 0.25) is 0 Å². The molecular weight excluding hydrogens is 386 g/mol. The Bertz CT molecular complexity index is 1080. The predicted molar refractivity (Wildman–Crippen MR) is 102 cm³/mol. The van der Waals surface area contributed by atoms with Crippen molar-refractivity contribution in [1.29, 1.82) is 0 Å². The molecule has 1 saturated heterocycles. The average molecular weight is 407 g/mol. The lowest BCUT2D eigenvalue weighted by Gasteiger charge is -2.29. The van der Waals surface area contributed by atoms with Gasteiger partial charge in [0.25, 0.3) is 11.5 Å². The van der Waals surface area contributed by atoms with Gasteiger partial charge >= 0.3 is 5.97 Å². The Kier molecular flexibility index (Phi) is 5.50. The number of carbonyl (C=O) groups excluding carboxylic acids is 2. The second-order valence-corrected chi connectivity index (χ2v) is 8.90. The van der Waals surface area contributed by atoms with Crippen LogP contribution < -0.4 is 5.56 Å². The van der Waals surface area contributed by atoms with Crippen molar-refractivity contribution < 1.29 is 22.7 Å². The zero-order valence-corrected chi connectivity index (χ0v) is 16.4. The summed E-state index contributed by atoms with van der Waals surface area (Å²) in [5.41, 5.74) is -0.530. The van der Waals surface area contributed by atoms with E-state index in [-0.39, 0.29) is 22.6 Å². The minimum absolute atomic E-state index is 0.0445. The Morgan fingerprint density at radius 3 is 2.61 bits per heavy atom. The van der Waals surface area contributed by atoms with Crippen molar-refractivity contribution in [3.05, 3.63) is 40.3 Å². The van der Waals surface area contributed by atoms with E-state index < -0.39 is 39.4 Å². The Labute approximate surface area is 161 Å². The molecule has 0 unspecified atom stereocenters. The Morgan fingerprint density at radius 2 is 2.00 bits per heavy atom. The van der Waals surface area contributed by atoms with E-state index >= 15 is 0 Å². The number of nitrogens with one attached hydrogen (secondary N) is 1. The fourth-order valence-corrected chi connectivity index (χ4v) is 5.12. The maximum Gasteiger partial charge on any atom is 0.360 e. The second-order valence-electron chi connectivity index (χ2n) is 6.68. The first-order valence-corrected chi connectivity index (χ1v) is 10.7. The summed E-state index contributed by atoms with van der Waals surface area (Å²) in [6.45, 7) is 3.48. The van der Waals surface area contributed by atoms with Crippen molar-refractivity contribution in [1.82, 2.24) is 15.1 Å². The number of benzene rings is 1. The number of likely N-dealkylation sites (N-methyl/N-ethyl adjacent to an activating group) is 1. The number of aromatic nitrogens is 2. The number of amides is 1. The molecule has 0 bridgehead atoms. The molecule has 1 aliphatic heterocycles. The van der Waals surface area contributed by atoms with Gasteiger partial charge in [-0.25, -0.2) is 18.3 Å². The number of nitrogens with zero attached hydrogens (tertiary/aromatic N) is 2. The van der Waals surface area contributed by atoms with E-state index in [4.69, 9.17) is 4.74 Å². The third kappa shape index (κ3) is 3.91. The number of esters is 1. The topological polar surface area (TPSA) is 126 Å². The summed E-state index contributed by atoms with van der Waals surface area (Å²) in [5, 5.41) is 6.62. The van der Waals surface area contributed by atoms with Gasteiger partial charge in [0.05, 0.1) is 16.9 Å². The molecular formula is C18H21N3O6S. The largest absolute Gasteiger partial charge is 0.448 e. The molecule has 3 rings (SSSR count). The normalized spacial score (nSPS) is 19.3. The Hall–Kier alpha value is -2.75. The predicted octanol–water partition coefficient (Wildman–Crippen LogP) is 0.504. The van der Waals surface area contributed by atoms with E-state index in [1.54, 1.807) is 31.2 Å². The average Bonchev–Trinajstić information content (AvgIpc) is 3.02. The summed E-state index contributed by atoms with van der Waals surface area (Å²) in [7, 11) is -3.15. The first-order valence-electron chi connectivity index (χ1n) is 8.93. The first-order chi connectivity index (χ1) is 13.2. The van der Waals surface area contributed by atoms with Crippen LogP contribution in [0.15, 0.2) is 29.1 Å². The van der Waals surface area contributed by atoms with Crippen LogP contribution in [-0.2, 0) is 19.4 Å². The molecule has 0 aliphatic carbocycles. The molecule has 2 aromatic rings. The number of rotatable bonds is 5. The Morgan fingerprint density at radius 1 is 1.32 bits per heavy atom. The fourth-order valence-electron chi connectivity index (χ4n) is 3.39. The maximum absolute atomic E-state index is 12.7. The summed E-state index contributed by atoms with van der Waals surface area (Å²) < 4.78 is 28.7. The van der Waals surface area contributed by atoms with E-state index in [9.17, 15) is 22.8 Å². The van der Waals surface area contributed by atoms with Crippen LogP contribution in [0.4, 0.5) is 0 Å². The highest BCUT2D eigenvalue weighted by atomic mass is 32.2. The van der Waals surface area contributed by atoms with Gasteiger partial charge in [-0.15, -0.1) is 0 Å². The van der Waals surface area contributed by atoms with Gasteiger partial charge in [0.2, 0.25) is 0 Å². The first kappa shape index (κ1) is 20.0. The van der Waals surface area contributed by atoms with E-state index in [0.717, 1.165) is 0 Å². The molecule has 1 fully saturated rings.